The lowest BCUT2D eigenvalue weighted by Crippen LogP contribution is -2.18. The van der Waals surface area contributed by atoms with Crippen molar-refractivity contribution in [1.29, 1.82) is 0 Å². The predicted molar refractivity (Wildman–Crippen MR) is 384 cm³/mol. The van der Waals surface area contributed by atoms with Crippen molar-refractivity contribution in [3.63, 3.8) is 0 Å². The van der Waals surface area contributed by atoms with Gasteiger partial charge in [-0.15, -0.1) is 0 Å². The van der Waals surface area contributed by atoms with Crippen LogP contribution in [0, 0.1) is 0 Å². The molecule has 0 saturated carbocycles. The van der Waals surface area contributed by atoms with Crippen molar-refractivity contribution in [1.82, 2.24) is 9.13 Å². The highest BCUT2D eigenvalue weighted by Crippen LogP contribution is 2.53. The van der Waals surface area contributed by atoms with E-state index in [4.69, 9.17) is 0 Å². The lowest BCUT2D eigenvalue weighted by Gasteiger charge is -2.35. The monoisotopic (exact) mass is 1160 g/mol. The number of anilines is 6. The van der Waals surface area contributed by atoms with Gasteiger partial charge in [0.15, 0.2) is 0 Å². The van der Waals surface area contributed by atoms with Gasteiger partial charge in [0.05, 0.1) is 33.4 Å². The van der Waals surface area contributed by atoms with Crippen LogP contribution in [0.5, 0.6) is 0 Å². The minimum Gasteiger partial charge on any atom is -0.309 e. The summed E-state index contributed by atoms with van der Waals surface area (Å²) in [5.41, 5.74) is 24.3. The van der Waals surface area contributed by atoms with Crippen LogP contribution in [0.3, 0.4) is 0 Å². The molecule has 15 rings (SSSR count). The van der Waals surface area contributed by atoms with Gasteiger partial charge in [0.2, 0.25) is 0 Å². The molecule has 0 aliphatic rings. The van der Waals surface area contributed by atoms with E-state index >= 15 is 0 Å². The standard InChI is InChI=1S/C86H70N4/c1-85(2,3)63-52-75(59-30-11-7-12-31-59)83(76(53-63)60-32-13-8-14-33-60)87(67-40-28-42-69(57-67)89-79-48-23-19-44-71(79)72-45-20-24-49-80(72)89)65-38-27-39-66(56-65)88(68-41-29-43-70(58-68)90-81-50-25-21-46-73(81)74-47-22-26-51-82(74)90)84-77(61-34-15-9-16-35-61)54-64(86(4,5)6)55-78(84)62-36-17-10-18-37-62/h7-58H,1-6H3. The van der Waals surface area contributed by atoms with Crippen LogP contribution in [0.2, 0.25) is 0 Å². The van der Waals surface area contributed by atoms with Crippen LogP contribution in [-0.2, 0) is 10.8 Å². The molecule has 0 aliphatic heterocycles. The maximum Gasteiger partial charge on any atom is 0.0618 e. The van der Waals surface area contributed by atoms with E-state index in [-0.39, 0.29) is 10.8 Å². The maximum atomic E-state index is 2.55. The highest BCUT2D eigenvalue weighted by molar-refractivity contribution is 6.11. The van der Waals surface area contributed by atoms with Crippen molar-refractivity contribution in [3.8, 4) is 55.9 Å². The molecule has 434 valence electrons. The van der Waals surface area contributed by atoms with E-state index < -0.39 is 0 Å². The van der Waals surface area contributed by atoms with Crippen LogP contribution in [0.1, 0.15) is 52.7 Å². The van der Waals surface area contributed by atoms with E-state index in [1.807, 2.05) is 0 Å². The van der Waals surface area contributed by atoms with Crippen LogP contribution in [-0.4, -0.2) is 9.13 Å². The average molecular weight is 1160 g/mol. The molecule has 0 aliphatic carbocycles. The zero-order valence-electron chi connectivity index (χ0n) is 51.8. The van der Waals surface area contributed by atoms with Gasteiger partial charge in [-0.25, -0.2) is 0 Å². The number of rotatable bonds is 12. The molecular weight excluding hydrogens is 1090 g/mol. The first-order valence-electron chi connectivity index (χ1n) is 31.4. The molecule has 0 atom stereocenters. The molecule has 4 nitrogen and oxygen atoms in total. The summed E-state index contributed by atoms with van der Waals surface area (Å²) in [5, 5.41) is 4.89. The Bertz CT molecular complexity index is 4590. The van der Waals surface area contributed by atoms with Crippen molar-refractivity contribution >= 4 is 77.7 Å². The minimum absolute atomic E-state index is 0.170. The first kappa shape index (κ1) is 55.6. The van der Waals surface area contributed by atoms with Crippen LogP contribution in [0.15, 0.2) is 315 Å². The Balaban J connectivity index is 1.06. The molecule has 0 unspecified atom stereocenters. The quantitative estimate of drug-likeness (QED) is 0.121. The average Bonchev–Trinajstić information content (AvgIpc) is 1.06. The van der Waals surface area contributed by atoms with E-state index in [9.17, 15) is 0 Å². The molecule has 15 aromatic rings. The molecule has 13 aromatic carbocycles. The number of aromatic nitrogens is 2. The van der Waals surface area contributed by atoms with Crippen LogP contribution < -0.4 is 9.80 Å². The smallest absolute Gasteiger partial charge is 0.0618 e. The molecule has 0 amide bonds. The molecule has 0 bridgehead atoms. The molecule has 0 radical (unpaired) electrons. The summed E-state index contributed by atoms with van der Waals surface area (Å²) < 4.78 is 4.87. The van der Waals surface area contributed by atoms with E-state index in [2.05, 4.69) is 376 Å². The zero-order chi connectivity index (χ0) is 61.1. The summed E-state index contributed by atoms with van der Waals surface area (Å²) in [7, 11) is 0. The Kier molecular flexibility index (Phi) is 14.0. The lowest BCUT2D eigenvalue weighted by atomic mass is 9.81. The van der Waals surface area contributed by atoms with Gasteiger partial charge < -0.3 is 18.9 Å². The van der Waals surface area contributed by atoms with Crippen molar-refractivity contribution in [3.05, 3.63) is 327 Å². The number of hydrogen-bond donors (Lipinski definition) is 0. The summed E-state index contributed by atoms with van der Waals surface area (Å²) in [6, 6.07) is 117. The Morgan fingerprint density at radius 3 is 0.756 bits per heavy atom. The fraction of sp³-hybridized carbons (Fsp3) is 0.0930. The second-order valence-corrected chi connectivity index (χ2v) is 25.8. The third-order valence-corrected chi connectivity index (χ3v) is 17.9. The van der Waals surface area contributed by atoms with Gasteiger partial charge >= 0.3 is 0 Å². The van der Waals surface area contributed by atoms with E-state index in [0.29, 0.717) is 0 Å². The van der Waals surface area contributed by atoms with Gasteiger partial charge in [-0.1, -0.05) is 254 Å². The Hall–Kier alpha value is -10.9. The third kappa shape index (κ3) is 10.0. The highest BCUT2D eigenvalue weighted by Gasteiger charge is 2.30. The summed E-state index contributed by atoms with van der Waals surface area (Å²) in [6.07, 6.45) is 0. The fourth-order valence-corrected chi connectivity index (χ4v) is 13.5. The van der Waals surface area contributed by atoms with Gasteiger partial charge in [-0.05, 0) is 147 Å². The van der Waals surface area contributed by atoms with Gasteiger partial charge in [-0.3, -0.25) is 0 Å². The van der Waals surface area contributed by atoms with Crippen molar-refractivity contribution in [2.24, 2.45) is 0 Å². The summed E-state index contributed by atoms with van der Waals surface area (Å²) in [5.74, 6) is 0. The first-order valence-corrected chi connectivity index (χ1v) is 31.4. The van der Waals surface area contributed by atoms with E-state index in [1.165, 1.54) is 32.7 Å². The van der Waals surface area contributed by atoms with Crippen LogP contribution in [0.4, 0.5) is 34.1 Å². The van der Waals surface area contributed by atoms with E-state index in [1.54, 1.807) is 0 Å². The van der Waals surface area contributed by atoms with E-state index in [0.717, 1.165) is 112 Å². The topological polar surface area (TPSA) is 16.3 Å². The molecule has 0 N–H and O–H groups in total. The van der Waals surface area contributed by atoms with Crippen molar-refractivity contribution < 1.29 is 0 Å². The van der Waals surface area contributed by atoms with Crippen LogP contribution in [0.25, 0.3) is 99.5 Å². The number of nitrogens with zero attached hydrogens (tertiary/aromatic N) is 4. The van der Waals surface area contributed by atoms with Crippen molar-refractivity contribution in [2.45, 2.75) is 52.4 Å². The molecule has 0 fully saturated rings. The summed E-state index contributed by atoms with van der Waals surface area (Å²) in [4.78, 5) is 5.09. The molecule has 90 heavy (non-hydrogen) atoms. The number of hydrogen-bond acceptors (Lipinski definition) is 2. The fourth-order valence-electron chi connectivity index (χ4n) is 13.5. The lowest BCUT2D eigenvalue weighted by molar-refractivity contribution is 0.590. The van der Waals surface area contributed by atoms with Crippen LogP contribution >= 0.6 is 0 Å². The highest BCUT2D eigenvalue weighted by atomic mass is 15.2. The molecule has 2 heterocycles. The number of benzene rings is 13. The second kappa shape index (κ2) is 22.6. The summed E-state index contributed by atoms with van der Waals surface area (Å²) >= 11 is 0. The third-order valence-electron chi connectivity index (χ3n) is 17.9. The minimum atomic E-state index is -0.170. The Morgan fingerprint density at radius 1 is 0.233 bits per heavy atom. The first-order chi connectivity index (χ1) is 43.9. The molecule has 2 aromatic heterocycles. The SMILES string of the molecule is CC(C)(C)c1cc(-c2ccccc2)c(N(c2cccc(N(c3cccc(-n4c5ccccc5c5ccccc54)c3)c3c(-c4ccccc4)cc(C(C)(C)C)cc3-c3ccccc3)c2)c2cccc(-n3c4ccccc4c4ccccc43)c2)c(-c2ccccc2)c1. The second-order valence-electron chi connectivity index (χ2n) is 25.8. The normalized spacial score (nSPS) is 11.9. The largest absolute Gasteiger partial charge is 0.309 e. The predicted octanol–water partition coefficient (Wildman–Crippen LogP) is 24.1. The Morgan fingerprint density at radius 2 is 0.478 bits per heavy atom. The number of fused-ring (bicyclic) bond motifs is 6. The molecule has 0 saturated heterocycles. The van der Waals surface area contributed by atoms with Gasteiger partial charge in [0.1, 0.15) is 0 Å². The maximum absolute atomic E-state index is 2.55. The van der Waals surface area contributed by atoms with Gasteiger partial charge in [0.25, 0.3) is 0 Å². The molecular formula is C86H70N4. The Labute approximate surface area is 528 Å². The molecule has 4 heteroatoms. The summed E-state index contributed by atoms with van der Waals surface area (Å²) in [6.45, 7) is 14.0. The van der Waals surface area contributed by atoms with Gasteiger partial charge in [-0.2, -0.15) is 0 Å². The zero-order valence-corrected chi connectivity index (χ0v) is 51.8. The van der Waals surface area contributed by atoms with Gasteiger partial charge in [0, 0.05) is 77.9 Å². The number of para-hydroxylation sites is 4. The molecule has 0 spiro atoms. The van der Waals surface area contributed by atoms with Crippen molar-refractivity contribution in [2.75, 3.05) is 9.80 Å².